The van der Waals surface area contributed by atoms with Crippen molar-refractivity contribution in [1.29, 1.82) is 0 Å². The molecule has 0 bridgehead atoms. The second-order valence-corrected chi connectivity index (χ2v) is 13.9. The lowest BCUT2D eigenvalue weighted by atomic mass is 9.93. The van der Waals surface area contributed by atoms with Crippen molar-refractivity contribution in [2.45, 2.75) is 45.4 Å². The maximum atomic E-state index is 14.8. The number of hydrogen-bond donors (Lipinski definition) is 1. The molecule has 0 aliphatic carbocycles. The van der Waals surface area contributed by atoms with E-state index in [4.69, 9.17) is 14.6 Å². The van der Waals surface area contributed by atoms with Crippen LogP contribution in [0.5, 0.6) is 5.75 Å². The third-order valence-corrected chi connectivity index (χ3v) is 9.18. The molecule has 0 fully saturated rings. The van der Waals surface area contributed by atoms with Crippen molar-refractivity contribution in [2.75, 3.05) is 18.6 Å². The normalized spacial score (nSPS) is 14.0. The summed E-state index contributed by atoms with van der Waals surface area (Å²) in [7, 11) is 1.58. The zero-order valence-electron chi connectivity index (χ0n) is 30.2. The predicted molar refractivity (Wildman–Crippen MR) is 205 cm³/mol. The molecule has 0 saturated carbocycles. The largest absolute Gasteiger partial charge is 0.497 e. The van der Waals surface area contributed by atoms with Gasteiger partial charge in [0, 0.05) is 35.9 Å². The molecule has 0 radical (unpaired) electrons. The van der Waals surface area contributed by atoms with Gasteiger partial charge in [0.1, 0.15) is 11.4 Å². The Kier molecular flexibility index (Phi) is 9.69. The van der Waals surface area contributed by atoms with E-state index >= 15 is 0 Å². The zero-order valence-corrected chi connectivity index (χ0v) is 30.2. The molecule has 6 aromatic rings. The Balaban J connectivity index is 1.31. The molecule has 0 saturated heterocycles. The van der Waals surface area contributed by atoms with Crippen molar-refractivity contribution < 1.29 is 23.9 Å². The molecule has 53 heavy (non-hydrogen) atoms. The molecule has 0 unspecified atom stereocenters. The van der Waals surface area contributed by atoms with Crippen LogP contribution < -0.4 is 15.0 Å². The molecule has 10 heteroatoms. The summed E-state index contributed by atoms with van der Waals surface area (Å²) in [6.07, 6.45) is 0.00764. The average molecular weight is 708 g/mol. The van der Waals surface area contributed by atoms with Gasteiger partial charge in [-0.3, -0.25) is 14.5 Å². The number of carbonyl (C=O) groups is 3. The first-order valence-corrected chi connectivity index (χ1v) is 17.6. The van der Waals surface area contributed by atoms with Gasteiger partial charge in [0.15, 0.2) is 5.69 Å². The van der Waals surface area contributed by atoms with Gasteiger partial charge in [-0.1, -0.05) is 72.8 Å². The smallest absolute Gasteiger partial charge is 0.407 e. The number of nitrogens with zero attached hydrogens (tertiary/aromatic N) is 4. The van der Waals surface area contributed by atoms with Crippen LogP contribution in [-0.4, -0.2) is 57.9 Å². The van der Waals surface area contributed by atoms with Crippen molar-refractivity contribution in [2.24, 2.45) is 0 Å². The number of anilines is 2. The molecule has 1 aliphatic heterocycles. The van der Waals surface area contributed by atoms with Gasteiger partial charge < -0.3 is 19.7 Å². The standard InChI is InChI=1S/C43H41N5O5/c1-43(2,3)53-42(51)44-27-33-25-29-15-11-12-16-30(29)28-46(33)40(49)36-21-13-14-22-37(36)48-38-26-34(52-4)23-24-35(38)39(45-48)41(50)47(31-17-7-5-8-18-31)32-19-9-6-10-20-32/h5-24,26,33H,25,27-28H2,1-4H3,(H,44,51)/t33-/m0/s1. The summed E-state index contributed by atoms with van der Waals surface area (Å²) < 4.78 is 12.8. The number of benzene rings is 5. The van der Waals surface area contributed by atoms with E-state index in [0.29, 0.717) is 52.2 Å². The summed E-state index contributed by atoms with van der Waals surface area (Å²) in [4.78, 5) is 45.6. The van der Waals surface area contributed by atoms with E-state index in [1.807, 2.05) is 130 Å². The Labute approximate surface area is 308 Å². The Bertz CT molecular complexity index is 2240. The van der Waals surface area contributed by atoms with Crippen molar-refractivity contribution in [3.63, 3.8) is 0 Å². The molecule has 1 atom stereocenters. The zero-order chi connectivity index (χ0) is 37.1. The fourth-order valence-electron chi connectivity index (χ4n) is 6.72. The van der Waals surface area contributed by atoms with E-state index in [1.165, 1.54) is 0 Å². The number of rotatable bonds is 8. The number of alkyl carbamates (subject to hydrolysis) is 1. The second kappa shape index (κ2) is 14.7. The highest BCUT2D eigenvalue weighted by molar-refractivity contribution is 6.16. The minimum atomic E-state index is -0.660. The summed E-state index contributed by atoms with van der Waals surface area (Å²) >= 11 is 0. The SMILES string of the molecule is COc1ccc2c(C(=O)N(c3ccccc3)c3ccccc3)nn(-c3ccccc3C(=O)N3Cc4ccccc4C[C@H]3CNC(=O)OC(C)(C)C)c2c1. The van der Waals surface area contributed by atoms with E-state index in [1.54, 1.807) is 33.7 Å². The molecule has 7 rings (SSSR count). The van der Waals surface area contributed by atoms with E-state index in [9.17, 15) is 14.4 Å². The van der Waals surface area contributed by atoms with Gasteiger partial charge in [-0.25, -0.2) is 9.48 Å². The maximum absolute atomic E-state index is 14.8. The van der Waals surface area contributed by atoms with E-state index in [2.05, 4.69) is 11.4 Å². The van der Waals surface area contributed by atoms with Crippen LogP contribution in [0.2, 0.25) is 0 Å². The van der Waals surface area contributed by atoms with Crippen molar-refractivity contribution in [1.82, 2.24) is 20.0 Å². The third-order valence-electron chi connectivity index (χ3n) is 9.18. The van der Waals surface area contributed by atoms with Gasteiger partial charge in [0.2, 0.25) is 0 Å². The predicted octanol–water partition coefficient (Wildman–Crippen LogP) is 8.10. The molecule has 3 amide bonds. The summed E-state index contributed by atoms with van der Waals surface area (Å²) in [5.41, 5.74) is 4.57. The first-order valence-electron chi connectivity index (χ1n) is 17.6. The van der Waals surface area contributed by atoms with Crippen LogP contribution in [0.1, 0.15) is 52.7 Å². The summed E-state index contributed by atoms with van der Waals surface area (Å²) in [5, 5.41) is 8.45. The minimum Gasteiger partial charge on any atom is -0.497 e. The highest BCUT2D eigenvalue weighted by Gasteiger charge is 2.33. The van der Waals surface area contributed by atoms with Gasteiger partial charge >= 0.3 is 6.09 Å². The van der Waals surface area contributed by atoms with E-state index < -0.39 is 11.7 Å². The summed E-state index contributed by atoms with van der Waals surface area (Å²) in [5.74, 6) is 0.00658. The van der Waals surface area contributed by atoms with Gasteiger partial charge in [-0.15, -0.1) is 0 Å². The second-order valence-electron chi connectivity index (χ2n) is 13.9. The number of nitrogens with one attached hydrogen (secondary N) is 1. The minimum absolute atomic E-state index is 0.201. The van der Waals surface area contributed by atoms with E-state index in [-0.39, 0.29) is 30.1 Å². The highest BCUT2D eigenvalue weighted by atomic mass is 16.6. The molecular weight excluding hydrogens is 667 g/mol. The molecular formula is C43H41N5O5. The number of amides is 3. The van der Waals surface area contributed by atoms with Crippen molar-refractivity contribution in [3.8, 4) is 11.4 Å². The van der Waals surface area contributed by atoms with Crippen LogP contribution in [0.4, 0.5) is 16.2 Å². The molecule has 2 heterocycles. The van der Waals surface area contributed by atoms with Gasteiger partial charge in [0.25, 0.3) is 11.8 Å². The number of carbonyl (C=O) groups excluding carboxylic acids is 3. The first kappa shape index (κ1) is 35.0. The Hall–Kier alpha value is -6.42. The van der Waals surface area contributed by atoms with Crippen LogP contribution >= 0.6 is 0 Å². The molecule has 268 valence electrons. The van der Waals surface area contributed by atoms with Crippen molar-refractivity contribution >= 4 is 40.2 Å². The van der Waals surface area contributed by atoms with Crippen molar-refractivity contribution in [3.05, 3.63) is 150 Å². The molecule has 10 nitrogen and oxygen atoms in total. The number of ether oxygens (including phenoxy) is 2. The summed E-state index contributed by atoms with van der Waals surface area (Å²) in [6, 6.07) is 39.2. The molecule has 1 N–H and O–H groups in total. The third kappa shape index (κ3) is 7.34. The van der Waals surface area contributed by atoms with Gasteiger partial charge in [-0.2, -0.15) is 5.10 Å². The number of aromatic nitrogens is 2. The topological polar surface area (TPSA) is 106 Å². The quantitative estimate of drug-likeness (QED) is 0.171. The fraction of sp³-hybridized carbons (Fsp3) is 0.209. The lowest BCUT2D eigenvalue weighted by Crippen LogP contribution is -2.50. The number of methoxy groups -OCH3 is 1. The van der Waals surface area contributed by atoms with Crippen LogP contribution in [0.25, 0.3) is 16.6 Å². The Morgan fingerprint density at radius 2 is 1.43 bits per heavy atom. The monoisotopic (exact) mass is 707 g/mol. The maximum Gasteiger partial charge on any atom is 0.407 e. The first-order chi connectivity index (χ1) is 25.6. The summed E-state index contributed by atoms with van der Waals surface area (Å²) in [6.45, 7) is 5.98. The lowest BCUT2D eigenvalue weighted by Gasteiger charge is -2.37. The average Bonchev–Trinajstić information content (AvgIpc) is 3.55. The number of hydrogen-bond acceptors (Lipinski definition) is 6. The highest BCUT2D eigenvalue weighted by Crippen LogP contribution is 2.33. The van der Waals surface area contributed by atoms with E-state index in [0.717, 1.165) is 11.1 Å². The Morgan fingerprint density at radius 3 is 2.09 bits per heavy atom. The van der Waals surface area contributed by atoms with Crippen LogP contribution in [0.15, 0.2) is 127 Å². The lowest BCUT2D eigenvalue weighted by molar-refractivity contribution is 0.0474. The van der Waals surface area contributed by atoms with Crippen LogP contribution in [-0.2, 0) is 17.7 Å². The fourth-order valence-corrected chi connectivity index (χ4v) is 6.72. The van der Waals surface area contributed by atoms with Gasteiger partial charge in [0.05, 0.1) is 29.9 Å². The van der Waals surface area contributed by atoms with Crippen LogP contribution in [0, 0.1) is 0 Å². The van der Waals surface area contributed by atoms with Crippen LogP contribution in [0.3, 0.4) is 0 Å². The number of fused-ring (bicyclic) bond motifs is 2. The molecule has 5 aromatic carbocycles. The molecule has 1 aliphatic rings. The molecule has 0 spiro atoms. The van der Waals surface area contributed by atoms with Gasteiger partial charge in [-0.05, 0) is 86.8 Å². The number of para-hydroxylation sites is 3. The molecule has 1 aromatic heterocycles. The Morgan fingerprint density at radius 1 is 0.811 bits per heavy atom.